The zero-order valence-electron chi connectivity index (χ0n) is 9.38. The first-order valence-electron chi connectivity index (χ1n) is 5.19. The number of aromatic nitrogens is 2. The van der Waals surface area contributed by atoms with E-state index in [9.17, 15) is 4.79 Å². The number of rotatable bonds is 2. The molecule has 0 radical (unpaired) electrons. The third-order valence-electron chi connectivity index (χ3n) is 2.41. The molecule has 0 saturated carbocycles. The molecule has 0 aromatic carbocycles. The molecular formula is C11H7ClN4OS2. The minimum atomic E-state index is -0.272. The lowest BCUT2D eigenvalue weighted by molar-refractivity contribution is 0.102. The molecule has 1 amide bonds. The summed E-state index contributed by atoms with van der Waals surface area (Å²) in [6.07, 6.45) is 1.47. The lowest BCUT2D eigenvalue weighted by Gasteiger charge is -2.02. The van der Waals surface area contributed by atoms with E-state index in [1.165, 1.54) is 28.9 Å². The van der Waals surface area contributed by atoms with Gasteiger partial charge >= 0.3 is 0 Å². The molecule has 0 aliphatic rings. The predicted octanol–water partition coefficient (Wildman–Crippen LogP) is 3.24. The minimum absolute atomic E-state index is 0.272. The van der Waals surface area contributed by atoms with E-state index < -0.39 is 0 Å². The number of nitrogens with one attached hydrogen (secondary N) is 1. The van der Waals surface area contributed by atoms with Gasteiger partial charge in [-0.3, -0.25) is 4.79 Å². The SMILES string of the molecule is Nc1cnc2scc(C(=O)Nc3ccsc3Cl)c2n1. The van der Waals surface area contributed by atoms with Crippen LogP contribution in [-0.4, -0.2) is 15.9 Å². The van der Waals surface area contributed by atoms with Gasteiger partial charge in [-0.25, -0.2) is 9.97 Å². The number of carbonyl (C=O) groups excluding carboxylic acids is 1. The van der Waals surface area contributed by atoms with Crippen molar-refractivity contribution in [3.8, 4) is 0 Å². The molecule has 0 atom stereocenters. The smallest absolute Gasteiger partial charge is 0.258 e. The van der Waals surface area contributed by atoms with Crippen LogP contribution in [0.3, 0.4) is 0 Å². The number of fused-ring (bicyclic) bond motifs is 1. The van der Waals surface area contributed by atoms with Gasteiger partial charge in [0.2, 0.25) is 0 Å². The maximum absolute atomic E-state index is 12.2. The van der Waals surface area contributed by atoms with Gasteiger partial charge in [-0.1, -0.05) is 11.6 Å². The quantitative estimate of drug-likeness (QED) is 0.761. The van der Waals surface area contributed by atoms with E-state index in [4.69, 9.17) is 17.3 Å². The molecule has 96 valence electrons. The largest absolute Gasteiger partial charge is 0.382 e. The van der Waals surface area contributed by atoms with Crippen molar-refractivity contribution in [1.29, 1.82) is 0 Å². The normalized spacial score (nSPS) is 10.8. The van der Waals surface area contributed by atoms with Crippen LogP contribution >= 0.6 is 34.3 Å². The number of hydrogen-bond acceptors (Lipinski definition) is 6. The maximum atomic E-state index is 12.2. The van der Waals surface area contributed by atoms with E-state index in [1.807, 2.05) is 5.38 Å². The number of halogens is 1. The van der Waals surface area contributed by atoms with Crippen LogP contribution in [0.4, 0.5) is 11.5 Å². The van der Waals surface area contributed by atoms with Gasteiger partial charge in [0.25, 0.3) is 5.91 Å². The first kappa shape index (κ1) is 12.3. The molecule has 0 aliphatic heterocycles. The molecule has 3 rings (SSSR count). The van der Waals surface area contributed by atoms with E-state index in [-0.39, 0.29) is 11.7 Å². The molecule has 5 nitrogen and oxygen atoms in total. The van der Waals surface area contributed by atoms with Crippen molar-refractivity contribution in [1.82, 2.24) is 9.97 Å². The van der Waals surface area contributed by atoms with Gasteiger partial charge in [-0.15, -0.1) is 22.7 Å². The highest BCUT2D eigenvalue weighted by atomic mass is 35.5. The van der Waals surface area contributed by atoms with Crippen molar-refractivity contribution in [3.63, 3.8) is 0 Å². The van der Waals surface area contributed by atoms with Gasteiger partial charge in [0, 0.05) is 5.38 Å². The summed E-state index contributed by atoms with van der Waals surface area (Å²) in [7, 11) is 0. The zero-order chi connectivity index (χ0) is 13.4. The zero-order valence-corrected chi connectivity index (χ0v) is 11.8. The second-order valence-electron chi connectivity index (χ2n) is 3.66. The van der Waals surface area contributed by atoms with Crippen LogP contribution in [0.5, 0.6) is 0 Å². The Kier molecular flexibility index (Phi) is 3.09. The van der Waals surface area contributed by atoms with Crippen molar-refractivity contribution >= 4 is 62.0 Å². The summed E-state index contributed by atoms with van der Waals surface area (Å²) in [6.45, 7) is 0. The van der Waals surface area contributed by atoms with Gasteiger partial charge in [-0.05, 0) is 11.4 Å². The van der Waals surface area contributed by atoms with Crippen molar-refractivity contribution in [2.75, 3.05) is 11.1 Å². The summed E-state index contributed by atoms with van der Waals surface area (Å²) in [4.78, 5) is 21.1. The average molecular weight is 311 g/mol. The molecule has 3 heterocycles. The van der Waals surface area contributed by atoms with E-state index in [0.29, 0.717) is 25.9 Å². The molecule has 3 N–H and O–H groups in total. The van der Waals surface area contributed by atoms with Gasteiger partial charge in [0.05, 0.1) is 17.4 Å². The Bertz CT molecular complexity index is 767. The standard InChI is InChI=1S/C11H7ClN4OS2/c12-9-6(1-2-18-9)15-10(17)5-4-19-11-8(5)16-7(13)3-14-11/h1-4H,(H2,13,16)(H,15,17). The van der Waals surface area contributed by atoms with Crippen molar-refractivity contribution in [3.05, 3.63) is 32.9 Å². The molecule has 8 heteroatoms. The first-order chi connectivity index (χ1) is 9.15. The minimum Gasteiger partial charge on any atom is -0.382 e. The van der Waals surface area contributed by atoms with Gasteiger partial charge in [-0.2, -0.15) is 0 Å². The predicted molar refractivity (Wildman–Crippen MR) is 79.1 cm³/mol. The van der Waals surface area contributed by atoms with Crippen LogP contribution in [-0.2, 0) is 0 Å². The Morgan fingerprint density at radius 3 is 3.00 bits per heavy atom. The van der Waals surface area contributed by atoms with E-state index >= 15 is 0 Å². The summed E-state index contributed by atoms with van der Waals surface area (Å²) >= 11 is 8.65. The van der Waals surface area contributed by atoms with Crippen molar-refractivity contribution in [2.24, 2.45) is 0 Å². The summed E-state index contributed by atoms with van der Waals surface area (Å²) in [5, 5.41) is 6.26. The van der Waals surface area contributed by atoms with Crippen LogP contribution in [0.15, 0.2) is 23.0 Å². The number of hydrogen-bond donors (Lipinski definition) is 2. The number of nitrogen functional groups attached to an aromatic ring is 1. The van der Waals surface area contributed by atoms with E-state index in [1.54, 1.807) is 11.4 Å². The number of nitrogens with two attached hydrogens (primary N) is 1. The second kappa shape index (κ2) is 4.76. The first-order valence-corrected chi connectivity index (χ1v) is 7.33. The number of carbonyl (C=O) groups is 1. The monoisotopic (exact) mass is 310 g/mol. The molecule has 3 aromatic heterocycles. The molecule has 3 aromatic rings. The van der Waals surface area contributed by atoms with E-state index in [0.717, 1.165) is 0 Å². The summed E-state index contributed by atoms with van der Waals surface area (Å²) in [5.74, 6) is 0.0139. The fourth-order valence-electron chi connectivity index (χ4n) is 1.56. The van der Waals surface area contributed by atoms with E-state index in [2.05, 4.69) is 15.3 Å². The van der Waals surface area contributed by atoms with Crippen LogP contribution < -0.4 is 11.1 Å². The molecule has 0 fully saturated rings. The summed E-state index contributed by atoms with van der Waals surface area (Å²) < 4.78 is 0.540. The molecule has 0 unspecified atom stereocenters. The highest BCUT2D eigenvalue weighted by Gasteiger charge is 2.16. The lowest BCUT2D eigenvalue weighted by atomic mass is 10.3. The van der Waals surface area contributed by atoms with Gasteiger partial charge in [0.15, 0.2) is 0 Å². The van der Waals surface area contributed by atoms with Crippen molar-refractivity contribution < 1.29 is 4.79 Å². The Labute approximate surface area is 121 Å². The summed E-state index contributed by atoms with van der Waals surface area (Å²) in [5.41, 5.74) is 7.14. The number of anilines is 2. The van der Waals surface area contributed by atoms with Crippen LogP contribution in [0.25, 0.3) is 10.3 Å². The molecule has 0 saturated heterocycles. The topological polar surface area (TPSA) is 80.9 Å². The van der Waals surface area contributed by atoms with Crippen LogP contribution in [0, 0.1) is 0 Å². The second-order valence-corrected chi connectivity index (χ2v) is 6.04. The van der Waals surface area contributed by atoms with Crippen LogP contribution in [0.2, 0.25) is 4.34 Å². The highest BCUT2D eigenvalue weighted by Crippen LogP contribution is 2.29. The Morgan fingerprint density at radius 2 is 2.26 bits per heavy atom. The average Bonchev–Trinajstić information content (AvgIpc) is 2.96. The molecule has 0 aliphatic carbocycles. The Morgan fingerprint density at radius 1 is 1.42 bits per heavy atom. The third kappa shape index (κ3) is 2.27. The fourth-order valence-corrected chi connectivity index (χ4v) is 3.22. The molecule has 0 spiro atoms. The molecular weight excluding hydrogens is 304 g/mol. The number of amides is 1. The van der Waals surface area contributed by atoms with Crippen molar-refractivity contribution in [2.45, 2.75) is 0 Å². The molecule has 19 heavy (non-hydrogen) atoms. The fraction of sp³-hybridized carbons (Fsp3) is 0. The Balaban J connectivity index is 1.98. The maximum Gasteiger partial charge on any atom is 0.258 e. The lowest BCUT2D eigenvalue weighted by Crippen LogP contribution is -2.11. The van der Waals surface area contributed by atoms with Crippen LogP contribution in [0.1, 0.15) is 10.4 Å². The van der Waals surface area contributed by atoms with Gasteiger partial charge < -0.3 is 11.1 Å². The number of nitrogens with zero attached hydrogens (tertiary/aromatic N) is 2. The highest BCUT2D eigenvalue weighted by molar-refractivity contribution is 7.17. The molecule has 0 bridgehead atoms. The number of thiophene rings is 2. The third-order valence-corrected chi connectivity index (χ3v) is 4.46. The summed E-state index contributed by atoms with van der Waals surface area (Å²) in [6, 6.07) is 1.75. The Hall–Kier alpha value is -1.70. The van der Waals surface area contributed by atoms with Gasteiger partial charge in [0.1, 0.15) is 20.5 Å².